The van der Waals surface area contributed by atoms with Gasteiger partial charge in [0.05, 0.1) is 12.2 Å². The molecule has 3 rings (SSSR count). The molecule has 0 saturated carbocycles. The van der Waals surface area contributed by atoms with Crippen LogP contribution in [0, 0.1) is 0 Å². The smallest absolute Gasteiger partial charge is 0.145 e. The Morgan fingerprint density at radius 1 is 1.19 bits per heavy atom. The molecule has 2 aromatic carbocycles. The van der Waals surface area contributed by atoms with Crippen molar-refractivity contribution in [1.82, 2.24) is 0 Å². The summed E-state index contributed by atoms with van der Waals surface area (Å²) in [5, 5.41) is 0. The third-order valence-electron chi connectivity index (χ3n) is 3.87. The molecule has 0 fully saturated rings. The Labute approximate surface area is 126 Å². The van der Waals surface area contributed by atoms with E-state index in [-0.39, 0.29) is 6.10 Å². The highest BCUT2D eigenvalue weighted by molar-refractivity contribution is 5.65. The molecule has 1 unspecified atom stereocenters. The van der Waals surface area contributed by atoms with Crippen molar-refractivity contribution in [2.45, 2.75) is 25.9 Å². The first-order chi connectivity index (χ1) is 10.2. The normalized spacial score (nSPS) is 17.2. The second-order valence-corrected chi connectivity index (χ2v) is 5.69. The van der Waals surface area contributed by atoms with E-state index < -0.39 is 0 Å². The number of aryl methyl sites for hydroxylation is 1. The predicted octanol–water partition coefficient (Wildman–Crippen LogP) is 3.49. The van der Waals surface area contributed by atoms with Gasteiger partial charge in [0.25, 0.3) is 0 Å². The van der Waals surface area contributed by atoms with Crippen molar-refractivity contribution in [3.63, 3.8) is 0 Å². The maximum atomic E-state index is 5.89. The quantitative estimate of drug-likeness (QED) is 0.872. The van der Waals surface area contributed by atoms with Gasteiger partial charge in [-0.05, 0) is 37.5 Å². The van der Waals surface area contributed by atoms with E-state index in [1.54, 1.807) is 0 Å². The number of rotatable bonds is 4. The lowest BCUT2D eigenvalue weighted by Crippen LogP contribution is -2.39. The van der Waals surface area contributed by atoms with Crippen LogP contribution in [0.4, 0.5) is 11.4 Å². The van der Waals surface area contributed by atoms with Crippen LogP contribution in [0.2, 0.25) is 0 Å². The molecule has 2 aromatic rings. The third-order valence-corrected chi connectivity index (χ3v) is 3.87. The van der Waals surface area contributed by atoms with Gasteiger partial charge in [-0.1, -0.05) is 30.3 Å². The molecular formula is C18H22N2O. The number of ether oxygens (including phenoxy) is 1. The molecule has 1 heterocycles. The van der Waals surface area contributed by atoms with Gasteiger partial charge in [-0.3, -0.25) is 0 Å². The van der Waals surface area contributed by atoms with Crippen molar-refractivity contribution in [2.75, 3.05) is 23.7 Å². The van der Waals surface area contributed by atoms with Crippen molar-refractivity contribution < 1.29 is 4.74 Å². The molecule has 2 N–H and O–H groups in total. The van der Waals surface area contributed by atoms with Gasteiger partial charge in [0.2, 0.25) is 0 Å². The fourth-order valence-corrected chi connectivity index (χ4v) is 2.88. The summed E-state index contributed by atoms with van der Waals surface area (Å²) in [6.07, 6.45) is 2.45. The van der Waals surface area contributed by atoms with E-state index in [0.717, 1.165) is 43.1 Å². The molecule has 0 aromatic heterocycles. The number of hydrogen-bond donors (Lipinski definition) is 1. The maximum Gasteiger partial charge on any atom is 0.145 e. The Balaban J connectivity index is 1.66. The van der Waals surface area contributed by atoms with Crippen LogP contribution in [-0.2, 0) is 6.42 Å². The van der Waals surface area contributed by atoms with Gasteiger partial charge < -0.3 is 15.4 Å². The molecule has 0 saturated heterocycles. The molecule has 1 aliphatic rings. The minimum Gasteiger partial charge on any atom is -0.487 e. The number of nitrogens with zero attached hydrogens (tertiary/aromatic N) is 1. The second kappa shape index (κ2) is 6.08. The number of nitrogen functional groups attached to an aromatic ring is 1. The summed E-state index contributed by atoms with van der Waals surface area (Å²) in [5.74, 6) is 0.911. The zero-order valence-electron chi connectivity index (χ0n) is 12.5. The number of anilines is 2. The molecule has 1 aliphatic heterocycles. The summed E-state index contributed by atoms with van der Waals surface area (Å²) in [5.41, 5.74) is 9.17. The van der Waals surface area contributed by atoms with Gasteiger partial charge >= 0.3 is 0 Å². The lowest BCUT2D eigenvalue weighted by Gasteiger charge is -2.35. The molecule has 0 aliphatic carbocycles. The second-order valence-electron chi connectivity index (χ2n) is 5.69. The van der Waals surface area contributed by atoms with E-state index in [9.17, 15) is 0 Å². The van der Waals surface area contributed by atoms with Crippen molar-refractivity contribution >= 4 is 11.4 Å². The van der Waals surface area contributed by atoms with E-state index >= 15 is 0 Å². The van der Waals surface area contributed by atoms with E-state index in [1.807, 2.05) is 12.1 Å². The van der Waals surface area contributed by atoms with Crippen molar-refractivity contribution in [2.24, 2.45) is 0 Å². The summed E-state index contributed by atoms with van der Waals surface area (Å²) in [6, 6.07) is 16.6. The van der Waals surface area contributed by atoms with E-state index in [1.165, 1.54) is 5.56 Å². The van der Waals surface area contributed by atoms with Crippen molar-refractivity contribution in [1.29, 1.82) is 0 Å². The van der Waals surface area contributed by atoms with Crippen LogP contribution in [0.5, 0.6) is 5.75 Å². The first kappa shape index (κ1) is 13.8. The Bertz CT molecular complexity index is 597. The van der Waals surface area contributed by atoms with Gasteiger partial charge in [-0.2, -0.15) is 0 Å². The average molecular weight is 282 g/mol. The lowest BCUT2D eigenvalue weighted by molar-refractivity contribution is 0.212. The van der Waals surface area contributed by atoms with Gasteiger partial charge in [-0.25, -0.2) is 0 Å². The molecule has 1 atom stereocenters. The van der Waals surface area contributed by atoms with Crippen LogP contribution < -0.4 is 15.4 Å². The summed E-state index contributed by atoms with van der Waals surface area (Å²) < 4.78 is 5.89. The van der Waals surface area contributed by atoms with Crippen molar-refractivity contribution in [3.8, 4) is 5.75 Å². The van der Waals surface area contributed by atoms with Crippen LogP contribution in [0.1, 0.15) is 18.9 Å². The van der Waals surface area contributed by atoms with E-state index in [2.05, 4.69) is 48.2 Å². The number of hydrogen-bond acceptors (Lipinski definition) is 3. The molecular weight excluding hydrogens is 260 g/mol. The zero-order chi connectivity index (χ0) is 14.7. The highest BCUT2D eigenvalue weighted by Gasteiger charge is 2.22. The third kappa shape index (κ3) is 3.30. The van der Waals surface area contributed by atoms with Crippen LogP contribution in [0.3, 0.4) is 0 Å². The minimum atomic E-state index is 0.205. The highest BCUT2D eigenvalue weighted by Crippen LogP contribution is 2.35. The fraction of sp³-hybridized carbons (Fsp3) is 0.333. The highest BCUT2D eigenvalue weighted by atomic mass is 16.5. The zero-order valence-corrected chi connectivity index (χ0v) is 12.5. The SMILES string of the molecule is CC1CN(CCCc2ccccc2)c2ccc(N)cc2O1. The average Bonchev–Trinajstić information content (AvgIpc) is 2.47. The Hall–Kier alpha value is -2.16. The van der Waals surface area contributed by atoms with Crippen LogP contribution in [0.25, 0.3) is 0 Å². The van der Waals surface area contributed by atoms with Crippen LogP contribution in [0.15, 0.2) is 48.5 Å². The molecule has 0 amide bonds. The first-order valence-electron chi connectivity index (χ1n) is 7.57. The molecule has 0 spiro atoms. The molecule has 3 nitrogen and oxygen atoms in total. The van der Waals surface area contributed by atoms with Gasteiger partial charge in [-0.15, -0.1) is 0 Å². The maximum absolute atomic E-state index is 5.89. The lowest BCUT2D eigenvalue weighted by atomic mass is 10.1. The Morgan fingerprint density at radius 3 is 2.81 bits per heavy atom. The molecule has 0 bridgehead atoms. The van der Waals surface area contributed by atoms with E-state index in [0.29, 0.717) is 0 Å². The monoisotopic (exact) mass is 282 g/mol. The summed E-state index contributed by atoms with van der Waals surface area (Å²) in [6.45, 7) is 4.08. The topological polar surface area (TPSA) is 38.5 Å². The standard InChI is InChI=1S/C18H22N2O/c1-14-13-20(11-5-8-15-6-3-2-4-7-15)17-10-9-16(19)12-18(17)21-14/h2-4,6-7,9-10,12,14H,5,8,11,13,19H2,1H3. The summed E-state index contributed by atoms with van der Waals surface area (Å²) >= 11 is 0. The molecule has 3 heteroatoms. The molecule has 110 valence electrons. The summed E-state index contributed by atoms with van der Waals surface area (Å²) in [7, 11) is 0. The van der Waals surface area contributed by atoms with Crippen molar-refractivity contribution in [3.05, 3.63) is 54.1 Å². The molecule has 21 heavy (non-hydrogen) atoms. The number of fused-ring (bicyclic) bond motifs is 1. The fourth-order valence-electron chi connectivity index (χ4n) is 2.88. The van der Waals surface area contributed by atoms with Gasteiger partial charge in [0.1, 0.15) is 11.9 Å². The van der Waals surface area contributed by atoms with E-state index in [4.69, 9.17) is 10.5 Å². The van der Waals surface area contributed by atoms with Gasteiger partial charge in [0.15, 0.2) is 0 Å². The van der Waals surface area contributed by atoms with Gasteiger partial charge in [0, 0.05) is 18.3 Å². The summed E-state index contributed by atoms with van der Waals surface area (Å²) in [4.78, 5) is 2.41. The van der Waals surface area contributed by atoms with Crippen LogP contribution >= 0.6 is 0 Å². The Kier molecular flexibility index (Phi) is 4.00. The first-order valence-corrected chi connectivity index (χ1v) is 7.57. The molecule has 0 radical (unpaired) electrons. The van der Waals surface area contributed by atoms with Crippen LogP contribution in [-0.4, -0.2) is 19.2 Å². The minimum absolute atomic E-state index is 0.205. The predicted molar refractivity (Wildman–Crippen MR) is 87.9 cm³/mol. The number of benzene rings is 2. The largest absolute Gasteiger partial charge is 0.487 e. The Morgan fingerprint density at radius 2 is 2.00 bits per heavy atom. The number of nitrogens with two attached hydrogens (primary N) is 1.